The van der Waals surface area contributed by atoms with Crippen LogP contribution in [0.25, 0.3) is 21.9 Å². The van der Waals surface area contributed by atoms with Gasteiger partial charge in [0.05, 0.1) is 6.54 Å². The van der Waals surface area contributed by atoms with Crippen LogP contribution < -0.4 is 11.0 Å². The van der Waals surface area contributed by atoms with E-state index >= 15 is 0 Å². The van der Waals surface area contributed by atoms with Crippen LogP contribution in [0.1, 0.15) is 39.3 Å². The molecule has 0 radical (unpaired) electrons. The molecule has 0 atom stereocenters. The van der Waals surface area contributed by atoms with Crippen molar-refractivity contribution in [2.75, 3.05) is 13.1 Å². The van der Waals surface area contributed by atoms with Gasteiger partial charge in [0.15, 0.2) is 0 Å². The molecule has 36 heavy (non-hydrogen) atoms. The van der Waals surface area contributed by atoms with Crippen molar-refractivity contribution in [3.63, 3.8) is 0 Å². The zero-order valence-corrected chi connectivity index (χ0v) is 21.0. The lowest BCUT2D eigenvalue weighted by Gasteiger charge is -2.18. The second kappa shape index (κ2) is 10.1. The third-order valence-corrected chi connectivity index (χ3v) is 6.91. The molecule has 1 aliphatic rings. The SMILES string of the molecule is O=C(NN1CCCC1)c1ccc(Cn2c(C(=O)O)c(-c3ccccc3)c3cc(Br)ccc3c2=O)cc1. The Balaban J connectivity index is 1.58. The number of carboxylic acids is 1. The fraction of sp³-hybridized carbons (Fsp3) is 0.179. The van der Waals surface area contributed by atoms with Crippen molar-refractivity contribution >= 4 is 38.6 Å². The van der Waals surface area contributed by atoms with E-state index in [1.165, 1.54) is 4.57 Å². The first-order valence-electron chi connectivity index (χ1n) is 11.7. The third-order valence-electron chi connectivity index (χ3n) is 6.42. The number of fused-ring (bicyclic) bond motifs is 1. The number of nitrogens with one attached hydrogen (secondary N) is 1. The van der Waals surface area contributed by atoms with E-state index < -0.39 is 5.97 Å². The van der Waals surface area contributed by atoms with Crippen LogP contribution in [0.3, 0.4) is 0 Å². The number of hydrogen-bond donors (Lipinski definition) is 2. The molecule has 4 aromatic rings. The Bertz CT molecular complexity index is 1510. The lowest BCUT2D eigenvalue weighted by atomic mass is 9.96. The van der Waals surface area contributed by atoms with Gasteiger partial charge in [0.1, 0.15) is 5.69 Å². The van der Waals surface area contributed by atoms with Gasteiger partial charge in [-0.25, -0.2) is 9.80 Å². The molecule has 0 spiro atoms. The number of amides is 1. The molecule has 8 heteroatoms. The van der Waals surface area contributed by atoms with Gasteiger partial charge in [0, 0.05) is 34.1 Å². The van der Waals surface area contributed by atoms with E-state index in [0.29, 0.717) is 33.0 Å². The standard InChI is InChI=1S/C28H24BrN3O4/c29-21-12-13-22-23(16-21)24(19-6-2-1-3-7-19)25(28(35)36)32(27(22)34)17-18-8-10-20(11-9-18)26(33)30-31-14-4-5-15-31/h1-3,6-13,16H,4-5,14-15,17H2,(H,30,33)(H,35,36). The summed E-state index contributed by atoms with van der Waals surface area (Å²) in [6.45, 7) is 1.74. The fourth-order valence-corrected chi connectivity index (χ4v) is 5.03. The van der Waals surface area contributed by atoms with E-state index in [2.05, 4.69) is 21.4 Å². The zero-order valence-electron chi connectivity index (χ0n) is 19.4. The van der Waals surface area contributed by atoms with Gasteiger partial charge in [-0.3, -0.25) is 19.6 Å². The first-order valence-corrected chi connectivity index (χ1v) is 12.5. The minimum Gasteiger partial charge on any atom is -0.477 e. The van der Waals surface area contributed by atoms with Crippen LogP contribution in [0.2, 0.25) is 0 Å². The molecule has 1 saturated heterocycles. The van der Waals surface area contributed by atoms with Gasteiger partial charge in [-0.15, -0.1) is 0 Å². The molecule has 1 aromatic heterocycles. The smallest absolute Gasteiger partial charge is 0.353 e. The number of carbonyl (C=O) groups excluding carboxylic acids is 1. The molecule has 2 N–H and O–H groups in total. The maximum atomic E-state index is 13.5. The molecular formula is C28H24BrN3O4. The Morgan fingerprint density at radius 1 is 0.917 bits per heavy atom. The molecule has 7 nitrogen and oxygen atoms in total. The average Bonchev–Trinajstić information content (AvgIpc) is 3.39. The molecule has 1 amide bonds. The van der Waals surface area contributed by atoms with Crippen LogP contribution in [0.4, 0.5) is 0 Å². The maximum Gasteiger partial charge on any atom is 0.353 e. The number of halogens is 1. The molecule has 0 aliphatic carbocycles. The lowest BCUT2D eigenvalue weighted by Crippen LogP contribution is -2.39. The Hall–Kier alpha value is -3.75. The second-order valence-electron chi connectivity index (χ2n) is 8.81. The molecule has 5 rings (SSSR count). The largest absolute Gasteiger partial charge is 0.477 e. The van der Waals surface area contributed by atoms with Crippen molar-refractivity contribution in [1.82, 2.24) is 15.0 Å². The predicted molar refractivity (Wildman–Crippen MR) is 142 cm³/mol. The van der Waals surface area contributed by atoms with Crippen LogP contribution >= 0.6 is 15.9 Å². The van der Waals surface area contributed by atoms with Crippen molar-refractivity contribution in [1.29, 1.82) is 0 Å². The number of carbonyl (C=O) groups is 2. The van der Waals surface area contributed by atoms with E-state index in [1.54, 1.807) is 42.5 Å². The number of rotatable bonds is 6. The van der Waals surface area contributed by atoms with Crippen molar-refractivity contribution < 1.29 is 14.7 Å². The number of aromatic carboxylic acids is 1. The normalized spacial score (nSPS) is 13.7. The fourth-order valence-electron chi connectivity index (χ4n) is 4.67. The summed E-state index contributed by atoms with van der Waals surface area (Å²) in [5.41, 5.74) is 4.86. The minimum atomic E-state index is -1.19. The molecule has 1 fully saturated rings. The number of hydrogen-bond acceptors (Lipinski definition) is 4. The van der Waals surface area contributed by atoms with Gasteiger partial charge < -0.3 is 5.11 Å². The average molecular weight is 546 g/mol. The van der Waals surface area contributed by atoms with Crippen molar-refractivity contribution in [3.8, 4) is 11.1 Å². The van der Waals surface area contributed by atoms with Gasteiger partial charge >= 0.3 is 5.97 Å². The quantitative estimate of drug-likeness (QED) is 0.359. The number of carboxylic acid groups (broad SMARTS) is 1. The van der Waals surface area contributed by atoms with E-state index in [9.17, 15) is 19.5 Å². The summed E-state index contributed by atoms with van der Waals surface area (Å²) in [5.74, 6) is -1.37. The van der Waals surface area contributed by atoms with E-state index in [0.717, 1.165) is 30.4 Å². The van der Waals surface area contributed by atoms with Gasteiger partial charge in [0.25, 0.3) is 11.5 Å². The third kappa shape index (κ3) is 4.69. The molecule has 0 bridgehead atoms. The summed E-state index contributed by atoms with van der Waals surface area (Å²) in [7, 11) is 0. The number of pyridine rings is 1. The number of aromatic nitrogens is 1. The molecule has 1 aliphatic heterocycles. The first kappa shape index (κ1) is 24.0. The molecule has 0 saturated carbocycles. The Morgan fingerprint density at radius 3 is 2.28 bits per heavy atom. The van der Waals surface area contributed by atoms with Gasteiger partial charge in [0.2, 0.25) is 0 Å². The zero-order chi connectivity index (χ0) is 25.2. The summed E-state index contributed by atoms with van der Waals surface area (Å²) in [6, 6.07) is 21.4. The van der Waals surface area contributed by atoms with Crippen LogP contribution in [0.5, 0.6) is 0 Å². The summed E-state index contributed by atoms with van der Waals surface area (Å²) < 4.78 is 2.06. The Morgan fingerprint density at radius 2 is 1.61 bits per heavy atom. The summed E-state index contributed by atoms with van der Waals surface area (Å²) in [5, 5.41) is 13.2. The number of hydrazine groups is 1. The van der Waals surface area contributed by atoms with Crippen LogP contribution in [-0.2, 0) is 6.54 Å². The van der Waals surface area contributed by atoms with Gasteiger partial charge in [-0.1, -0.05) is 58.4 Å². The lowest BCUT2D eigenvalue weighted by molar-refractivity contribution is 0.0685. The molecular weight excluding hydrogens is 522 g/mol. The van der Waals surface area contributed by atoms with Crippen molar-refractivity contribution in [3.05, 3.63) is 104 Å². The summed E-state index contributed by atoms with van der Waals surface area (Å²) in [6.07, 6.45) is 2.13. The topological polar surface area (TPSA) is 91.6 Å². The molecule has 182 valence electrons. The number of benzene rings is 3. The highest BCUT2D eigenvalue weighted by Crippen LogP contribution is 2.32. The van der Waals surface area contributed by atoms with Gasteiger partial charge in [-0.2, -0.15) is 0 Å². The predicted octanol–water partition coefficient (Wildman–Crippen LogP) is 4.92. The van der Waals surface area contributed by atoms with Crippen molar-refractivity contribution in [2.45, 2.75) is 19.4 Å². The Kier molecular flexibility index (Phi) is 6.71. The van der Waals surface area contributed by atoms with E-state index in [-0.39, 0.29) is 23.7 Å². The van der Waals surface area contributed by atoms with Crippen molar-refractivity contribution in [2.24, 2.45) is 0 Å². The molecule has 2 heterocycles. The minimum absolute atomic E-state index is 0.0559. The molecule has 0 unspecified atom stereocenters. The van der Waals surface area contributed by atoms with Gasteiger partial charge in [-0.05, 0) is 59.7 Å². The summed E-state index contributed by atoms with van der Waals surface area (Å²) in [4.78, 5) is 38.7. The van der Waals surface area contributed by atoms with E-state index in [1.807, 2.05) is 35.3 Å². The second-order valence-corrected chi connectivity index (χ2v) is 9.72. The number of nitrogens with zero attached hydrogens (tertiary/aromatic N) is 2. The molecule has 3 aromatic carbocycles. The highest BCUT2D eigenvalue weighted by atomic mass is 79.9. The monoisotopic (exact) mass is 545 g/mol. The summed E-state index contributed by atoms with van der Waals surface area (Å²) >= 11 is 3.45. The van der Waals surface area contributed by atoms with E-state index in [4.69, 9.17) is 0 Å². The van der Waals surface area contributed by atoms with Crippen LogP contribution in [-0.4, -0.2) is 39.6 Å². The highest BCUT2D eigenvalue weighted by Gasteiger charge is 2.23. The Labute approximate surface area is 216 Å². The maximum absolute atomic E-state index is 13.5. The van der Waals surface area contributed by atoms with Crippen LogP contribution in [0.15, 0.2) is 82.1 Å². The highest BCUT2D eigenvalue weighted by molar-refractivity contribution is 9.10. The first-order chi connectivity index (χ1) is 17.4. The van der Waals surface area contributed by atoms with Crippen LogP contribution in [0, 0.1) is 0 Å².